The molecule has 1 saturated carbocycles. The van der Waals surface area contributed by atoms with Crippen LogP contribution in [0.15, 0.2) is 77.7 Å². The average molecular weight is 943 g/mol. The Morgan fingerprint density at radius 1 is 0.844 bits per heavy atom. The Hall–Kier alpha value is -5.89. The van der Waals surface area contributed by atoms with Crippen molar-refractivity contribution < 1.29 is 51.9 Å². The van der Waals surface area contributed by atoms with Crippen LogP contribution in [0.5, 0.6) is 0 Å². The van der Waals surface area contributed by atoms with E-state index in [0.29, 0.717) is 31.2 Å². The number of hydrogen-bond donors (Lipinski definition) is 7. The van der Waals surface area contributed by atoms with E-state index >= 15 is 0 Å². The minimum atomic E-state index is -4.19. The molecule has 2 fully saturated rings. The van der Waals surface area contributed by atoms with Crippen LogP contribution in [0, 0.1) is 5.92 Å². The zero-order valence-corrected chi connectivity index (χ0v) is 37.0. The van der Waals surface area contributed by atoms with Crippen molar-refractivity contribution in [3.8, 4) is 0 Å². The van der Waals surface area contributed by atoms with Crippen molar-refractivity contribution in [2.24, 2.45) is 11.7 Å². The molecule has 5 atom stereocenters. The molecule has 2 aliphatic rings. The Bertz CT molecular complexity index is 2370. The van der Waals surface area contributed by atoms with Crippen molar-refractivity contribution in [2.45, 2.75) is 93.4 Å². The van der Waals surface area contributed by atoms with Gasteiger partial charge >= 0.3 is 5.97 Å². The van der Waals surface area contributed by atoms with Crippen LogP contribution in [-0.2, 0) is 38.8 Å². The lowest BCUT2D eigenvalue weighted by Gasteiger charge is -2.35. The van der Waals surface area contributed by atoms with Gasteiger partial charge in [0.05, 0.1) is 38.7 Å². The number of Topliss-reactive ketones (excluding diaryl/α,β-unsaturated/α-hetero) is 1. The van der Waals surface area contributed by atoms with E-state index in [1.807, 2.05) is 0 Å². The Balaban J connectivity index is 1.39. The van der Waals surface area contributed by atoms with Gasteiger partial charge in [-0.2, -0.15) is 0 Å². The first-order valence-electron chi connectivity index (χ1n) is 20.6. The fourth-order valence-electron chi connectivity index (χ4n) is 7.87. The molecule has 18 nitrogen and oxygen atoms in total. The summed E-state index contributed by atoms with van der Waals surface area (Å²) in [6.07, 6.45) is 3.16. The summed E-state index contributed by atoms with van der Waals surface area (Å²) in [5, 5.41) is 19.5. The minimum absolute atomic E-state index is 0.0526. The zero-order chi connectivity index (χ0) is 46.7. The van der Waals surface area contributed by atoms with Gasteiger partial charge in [0, 0.05) is 12.6 Å². The van der Waals surface area contributed by atoms with Crippen LogP contribution in [-0.4, -0.2) is 103 Å². The Kier molecular flexibility index (Phi) is 17.0. The molecule has 1 aliphatic heterocycles. The summed E-state index contributed by atoms with van der Waals surface area (Å²) >= 11 is 12.2. The van der Waals surface area contributed by atoms with Gasteiger partial charge in [0.15, 0.2) is 0 Å². The molecular formula is C43H49Cl2N7O11S. The van der Waals surface area contributed by atoms with E-state index in [4.69, 9.17) is 28.9 Å². The first kappa shape index (κ1) is 49.1. The summed E-state index contributed by atoms with van der Waals surface area (Å²) in [7, 11) is -4.19. The Morgan fingerprint density at radius 2 is 1.45 bits per heavy atom. The number of nitrogens with two attached hydrogens (primary N) is 1. The number of ketones is 1. The summed E-state index contributed by atoms with van der Waals surface area (Å²) in [4.78, 5) is 108. The van der Waals surface area contributed by atoms with Crippen molar-refractivity contribution in [3.05, 3.63) is 99.5 Å². The summed E-state index contributed by atoms with van der Waals surface area (Å²) in [6.45, 7) is 0.602. The number of primary amides is 1. The highest BCUT2D eigenvalue weighted by molar-refractivity contribution is 7.89. The molecule has 1 aliphatic carbocycles. The number of aromatic carboxylic acids is 1. The van der Waals surface area contributed by atoms with Crippen molar-refractivity contribution in [1.29, 1.82) is 0 Å². The van der Waals surface area contributed by atoms with E-state index < -0.39 is 105 Å². The normalized spacial score (nSPS) is 17.9. The van der Waals surface area contributed by atoms with Crippen LogP contribution >= 0.6 is 23.2 Å². The molecule has 1 heterocycles. The van der Waals surface area contributed by atoms with E-state index in [2.05, 4.69) is 26.0 Å². The van der Waals surface area contributed by atoms with Crippen LogP contribution < -0.4 is 31.7 Å². The van der Waals surface area contributed by atoms with Crippen LogP contribution in [0.3, 0.4) is 0 Å². The Morgan fingerprint density at radius 3 is 2.05 bits per heavy atom. The average Bonchev–Trinajstić information content (AvgIpc) is 3.70. The highest BCUT2D eigenvalue weighted by atomic mass is 35.5. The summed E-state index contributed by atoms with van der Waals surface area (Å²) in [6, 6.07) is 11.1. The van der Waals surface area contributed by atoms with Gasteiger partial charge < -0.3 is 37.0 Å². The van der Waals surface area contributed by atoms with Crippen molar-refractivity contribution >= 4 is 80.4 Å². The predicted molar refractivity (Wildman–Crippen MR) is 233 cm³/mol. The van der Waals surface area contributed by atoms with Gasteiger partial charge in [-0.05, 0) is 61.4 Å². The number of rotatable bonds is 19. The van der Waals surface area contributed by atoms with Crippen molar-refractivity contribution in [1.82, 2.24) is 30.9 Å². The number of likely N-dealkylation sites (tertiary alicyclic amines) is 1. The molecule has 0 spiro atoms. The maximum atomic E-state index is 14.9. The maximum absolute atomic E-state index is 14.9. The van der Waals surface area contributed by atoms with Crippen LogP contribution in [0.25, 0.3) is 0 Å². The summed E-state index contributed by atoms with van der Waals surface area (Å²) < 4.78 is 29.5. The molecule has 6 amide bonds. The number of carbonyl (C=O) groups is 8. The molecule has 0 bridgehead atoms. The number of carboxylic acid groups (broad SMARTS) is 1. The number of carboxylic acids is 1. The van der Waals surface area contributed by atoms with E-state index in [1.165, 1.54) is 24.3 Å². The van der Waals surface area contributed by atoms with E-state index in [9.17, 15) is 51.9 Å². The fourth-order valence-corrected chi connectivity index (χ4v) is 9.45. The highest BCUT2D eigenvalue weighted by Gasteiger charge is 2.46. The van der Waals surface area contributed by atoms with Gasteiger partial charge in [0.2, 0.25) is 39.4 Å². The quantitative estimate of drug-likeness (QED) is 0.0858. The topological polar surface area (TPSA) is 280 Å². The van der Waals surface area contributed by atoms with Gasteiger partial charge in [-0.15, -0.1) is 0 Å². The zero-order valence-electron chi connectivity index (χ0n) is 34.7. The second-order valence-corrected chi connectivity index (χ2v) is 18.1. The van der Waals surface area contributed by atoms with E-state index in [-0.39, 0.29) is 46.3 Å². The third-order valence-electron chi connectivity index (χ3n) is 11.0. The molecule has 3 aromatic rings. The monoisotopic (exact) mass is 941 g/mol. The van der Waals surface area contributed by atoms with Crippen LogP contribution in [0.4, 0.5) is 0 Å². The largest absolute Gasteiger partial charge is 0.478 e. The minimum Gasteiger partial charge on any atom is -0.478 e. The number of amides is 6. The lowest BCUT2D eigenvalue weighted by Crippen LogP contribution is -2.58. The van der Waals surface area contributed by atoms with Gasteiger partial charge in [0.25, 0.3) is 11.8 Å². The third kappa shape index (κ3) is 12.4. The molecule has 8 N–H and O–H groups in total. The summed E-state index contributed by atoms with van der Waals surface area (Å²) in [5.74, 6) is -8.68. The van der Waals surface area contributed by atoms with Crippen molar-refractivity contribution in [2.75, 3.05) is 13.1 Å². The van der Waals surface area contributed by atoms with Gasteiger partial charge in [-0.1, -0.05) is 104 Å². The number of nitrogens with zero attached hydrogens (tertiary/aromatic N) is 1. The van der Waals surface area contributed by atoms with Crippen molar-refractivity contribution in [3.63, 3.8) is 0 Å². The number of sulfonamides is 1. The number of carbonyl (C=O) groups excluding carboxylic acids is 7. The third-order valence-corrected chi connectivity index (χ3v) is 13.3. The predicted octanol–water partition coefficient (Wildman–Crippen LogP) is 2.63. The second-order valence-electron chi connectivity index (χ2n) is 15.5. The molecular weight excluding hydrogens is 893 g/mol. The van der Waals surface area contributed by atoms with Gasteiger partial charge in [-0.3, -0.25) is 33.6 Å². The first-order chi connectivity index (χ1) is 30.4. The molecule has 5 rings (SSSR count). The second kappa shape index (κ2) is 22.1. The number of nitrogens with one attached hydrogen (secondary N) is 5. The molecule has 2 unspecified atom stereocenters. The maximum Gasteiger partial charge on any atom is 0.336 e. The number of hydrogen-bond acceptors (Lipinski definition) is 10. The smallest absolute Gasteiger partial charge is 0.336 e. The molecule has 3 aromatic carbocycles. The van der Waals surface area contributed by atoms with Gasteiger partial charge in [-0.25, -0.2) is 17.9 Å². The highest BCUT2D eigenvalue weighted by Crippen LogP contribution is 2.31. The van der Waals surface area contributed by atoms with Gasteiger partial charge in [0.1, 0.15) is 18.1 Å². The first-order valence-corrected chi connectivity index (χ1v) is 22.8. The molecule has 342 valence electrons. The molecule has 21 heteroatoms. The number of halogens is 2. The fraction of sp³-hybridized carbons (Fsp3) is 0.395. The van der Waals surface area contributed by atoms with Crippen LogP contribution in [0.1, 0.15) is 90.6 Å². The van der Waals surface area contributed by atoms with E-state index in [1.54, 1.807) is 43.3 Å². The lowest BCUT2D eigenvalue weighted by atomic mass is 9.83. The standard InChI is InChI=1S/C43H49Cl2N7O11S/c1-2-12-32(37(54)41(58)47-22-34(53)49-35(38(46)55)24-13-6-3-7-14-24)48-40(57)33-19-26(51-64(62,63)27-17-10-5-11-18-27)23-52(33)42(59)36(25-15-8-4-9-16-25)50-39(56)28-20-30(44)31(45)21-29(28)43(60)61/h3,5-7,10-11,13-14,17-18,20-21,25-26,32-33,35-36,51H,2,4,8-9,12,15-16,19,22-23H2,1H3,(H2,46,55)(H,47,58)(H,48,57)(H,49,53)(H,50,56)(H,60,61)/t26-,32?,33?,35+,36+/m1/s1. The van der Waals surface area contributed by atoms with Crippen LogP contribution in [0.2, 0.25) is 10.0 Å². The van der Waals surface area contributed by atoms with E-state index in [0.717, 1.165) is 23.5 Å². The lowest BCUT2D eigenvalue weighted by molar-refractivity contribution is -0.143. The molecule has 0 radical (unpaired) electrons. The Labute approximate surface area is 379 Å². The molecule has 0 aromatic heterocycles. The molecule has 64 heavy (non-hydrogen) atoms. The summed E-state index contributed by atoms with van der Waals surface area (Å²) in [5.41, 5.74) is 5.00. The SMILES string of the molecule is CCCC(NC(=O)C1C[C@@H](NS(=O)(=O)c2ccccc2)CN1C(=O)[C@@H](NC(=O)c1cc(Cl)c(Cl)cc1C(=O)O)C1CCCCC1)C(=O)C(=O)NCC(=O)N[C@H](C(N)=O)c1ccccc1. The molecule has 1 saturated heterocycles. The number of benzene rings is 3.